The number of ketones is 1. The van der Waals surface area contributed by atoms with Crippen molar-refractivity contribution < 1.29 is 37.0 Å². The SMILES string of the molecule is C=CCN1C(=O)COc2ccc(C(=O)C(C)S(=O)(=O)CC(=O)Nc3ccc(OC)c(OC)c3)cc21. The van der Waals surface area contributed by atoms with E-state index in [0.717, 1.165) is 0 Å². The highest BCUT2D eigenvalue weighted by atomic mass is 32.2. The van der Waals surface area contributed by atoms with E-state index in [2.05, 4.69) is 11.9 Å². The number of nitrogens with one attached hydrogen (secondary N) is 1. The Morgan fingerprint density at radius 3 is 2.54 bits per heavy atom. The summed E-state index contributed by atoms with van der Waals surface area (Å²) in [6.07, 6.45) is 1.53. The van der Waals surface area contributed by atoms with Crippen LogP contribution in [0.25, 0.3) is 0 Å². The Bertz CT molecular complexity index is 1270. The Balaban J connectivity index is 1.75. The second kappa shape index (κ2) is 10.6. The van der Waals surface area contributed by atoms with Crippen molar-refractivity contribution in [3.8, 4) is 17.2 Å². The fourth-order valence-electron chi connectivity index (χ4n) is 3.50. The lowest BCUT2D eigenvalue weighted by molar-refractivity contribution is -0.121. The molecule has 1 heterocycles. The topological polar surface area (TPSA) is 128 Å². The molecule has 0 saturated heterocycles. The zero-order valence-corrected chi connectivity index (χ0v) is 20.4. The molecule has 0 bridgehead atoms. The monoisotopic (exact) mass is 502 g/mol. The number of carbonyl (C=O) groups is 3. The summed E-state index contributed by atoms with van der Waals surface area (Å²) in [6.45, 7) is 4.91. The molecular formula is C24H26N2O8S. The minimum Gasteiger partial charge on any atom is -0.493 e. The van der Waals surface area contributed by atoms with Crippen LogP contribution in [-0.4, -0.2) is 64.4 Å². The number of hydrogen-bond acceptors (Lipinski definition) is 8. The molecule has 0 aliphatic carbocycles. The molecule has 1 N–H and O–H groups in total. The van der Waals surface area contributed by atoms with Crippen molar-refractivity contribution in [2.75, 3.05) is 43.3 Å². The minimum absolute atomic E-state index is 0.0764. The van der Waals surface area contributed by atoms with E-state index in [1.807, 2.05) is 0 Å². The number of rotatable bonds is 10. The number of methoxy groups -OCH3 is 2. The van der Waals surface area contributed by atoms with Crippen molar-refractivity contribution in [3.05, 3.63) is 54.6 Å². The van der Waals surface area contributed by atoms with E-state index in [0.29, 0.717) is 28.6 Å². The highest BCUT2D eigenvalue weighted by Gasteiger charge is 2.33. The predicted octanol–water partition coefficient (Wildman–Crippen LogP) is 2.24. The van der Waals surface area contributed by atoms with Crippen LogP contribution in [0.3, 0.4) is 0 Å². The number of Topliss-reactive ketones (excluding diaryl/α,β-unsaturated/α-hetero) is 1. The van der Waals surface area contributed by atoms with E-state index in [-0.39, 0.29) is 24.6 Å². The van der Waals surface area contributed by atoms with Crippen molar-refractivity contribution in [1.29, 1.82) is 0 Å². The maximum atomic E-state index is 13.0. The second-order valence-electron chi connectivity index (χ2n) is 7.70. The van der Waals surface area contributed by atoms with Crippen molar-refractivity contribution >= 4 is 38.8 Å². The molecule has 35 heavy (non-hydrogen) atoms. The van der Waals surface area contributed by atoms with Gasteiger partial charge in [-0.05, 0) is 37.3 Å². The fourth-order valence-corrected chi connectivity index (χ4v) is 4.65. The van der Waals surface area contributed by atoms with E-state index in [1.165, 1.54) is 62.5 Å². The minimum atomic E-state index is -4.16. The molecule has 0 aromatic heterocycles. The van der Waals surface area contributed by atoms with Crippen LogP contribution in [0.2, 0.25) is 0 Å². The quantitative estimate of drug-likeness (QED) is 0.387. The van der Waals surface area contributed by atoms with Gasteiger partial charge in [0.05, 0.1) is 19.9 Å². The number of benzene rings is 2. The van der Waals surface area contributed by atoms with Gasteiger partial charge in [0.15, 0.2) is 33.7 Å². The average Bonchev–Trinajstić information content (AvgIpc) is 2.84. The Kier molecular flexibility index (Phi) is 7.80. The molecule has 1 atom stereocenters. The van der Waals surface area contributed by atoms with E-state index in [1.54, 1.807) is 6.07 Å². The molecule has 2 amide bonds. The van der Waals surface area contributed by atoms with Crippen molar-refractivity contribution in [2.24, 2.45) is 0 Å². The third-order valence-corrected chi connectivity index (χ3v) is 7.36. The summed E-state index contributed by atoms with van der Waals surface area (Å²) in [5.41, 5.74) is 0.735. The molecule has 1 unspecified atom stereocenters. The fraction of sp³-hybridized carbons (Fsp3) is 0.292. The van der Waals surface area contributed by atoms with Gasteiger partial charge in [-0.15, -0.1) is 6.58 Å². The molecule has 2 aromatic rings. The molecule has 10 nitrogen and oxygen atoms in total. The zero-order chi connectivity index (χ0) is 25.8. The van der Waals surface area contributed by atoms with Crippen LogP contribution in [0, 0.1) is 0 Å². The van der Waals surface area contributed by atoms with Crippen molar-refractivity contribution in [3.63, 3.8) is 0 Å². The summed E-state index contributed by atoms with van der Waals surface area (Å²) in [7, 11) is -1.26. The second-order valence-corrected chi connectivity index (χ2v) is 10.0. The Morgan fingerprint density at radius 1 is 1.17 bits per heavy atom. The third kappa shape index (κ3) is 5.62. The van der Waals surface area contributed by atoms with Crippen LogP contribution >= 0.6 is 0 Å². The van der Waals surface area contributed by atoms with Gasteiger partial charge in [0.1, 0.15) is 16.8 Å². The molecule has 1 aliphatic rings. The molecule has 2 aromatic carbocycles. The average molecular weight is 503 g/mol. The van der Waals surface area contributed by atoms with Crippen LogP contribution in [0.4, 0.5) is 11.4 Å². The number of nitrogens with zero attached hydrogens (tertiary/aromatic N) is 1. The first-order valence-electron chi connectivity index (χ1n) is 10.6. The smallest absolute Gasteiger partial charge is 0.265 e. The Morgan fingerprint density at radius 2 is 1.89 bits per heavy atom. The van der Waals surface area contributed by atoms with Gasteiger partial charge in [0.25, 0.3) is 5.91 Å². The van der Waals surface area contributed by atoms with Crippen molar-refractivity contribution in [1.82, 2.24) is 0 Å². The molecule has 0 saturated carbocycles. The first-order chi connectivity index (χ1) is 16.6. The molecule has 1 aliphatic heterocycles. The number of anilines is 2. The summed E-state index contributed by atoms with van der Waals surface area (Å²) in [5.74, 6) is -1.52. The normalized spacial score (nSPS) is 13.8. The molecule has 0 fully saturated rings. The number of sulfone groups is 1. The first kappa shape index (κ1) is 25.8. The number of fused-ring (bicyclic) bond motifs is 1. The maximum Gasteiger partial charge on any atom is 0.265 e. The summed E-state index contributed by atoms with van der Waals surface area (Å²) in [4.78, 5) is 39.0. The van der Waals surface area contributed by atoms with Crippen LogP contribution in [0.1, 0.15) is 17.3 Å². The first-order valence-corrected chi connectivity index (χ1v) is 12.3. The van der Waals surface area contributed by atoms with Crippen LogP contribution in [0.15, 0.2) is 49.1 Å². The lowest BCUT2D eigenvalue weighted by Crippen LogP contribution is -2.39. The van der Waals surface area contributed by atoms with E-state index >= 15 is 0 Å². The van der Waals surface area contributed by atoms with E-state index in [9.17, 15) is 22.8 Å². The predicted molar refractivity (Wildman–Crippen MR) is 130 cm³/mol. The molecule has 0 spiro atoms. The van der Waals surface area contributed by atoms with Gasteiger partial charge >= 0.3 is 0 Å². The Labute approximate surface area is 203 Å². The standard InChI is InChI=1S/C24H26N2O8S/c1-5-10-26-18-11-16(6-8-19(18)34-13-23(26)28)24(29)15(2)35(30,31)14-22(27)25-17-7-9-20(32-3)21(12-17)33-4/h5-9,11-12,15H,1,10,13-14H2,2-4H3,(H,25,27). The molecule has 186 valence electrons. The number of ether oxygens (including phenoxy) is 3. The number of amides is 2. The highest BCUT2D eigenvalue weighted by molar-refractivity contribution is 7.93. The highest BCUT2D eigenvalue weighted by Crippen LogP contribution is 2.34. The molecular weight excluding hydrogens is 476 g/mol. The summed E-state index contributed by atoms with van der Waals surface area (Å²) in [5, 5.41) is 0.993. The lowest BCUT2D eigenvalue weighted by atomic mass is 10.1. The van der Waals surface area contributed by atoms with Gasteiger partial charge in [-0.1, -0.05) is 6.08 Å². The van der Waals surface area contributed by atoms with Gasteiger partial charge < -0.3 is 24.4 Å². The molecule has 3 rings (SSSR count). The number of hydrogen-bond donors (Lipinski definition) is 1. The Hall–Kier alpha value is -3.86. The summed E-state index contributed by atoms with van der Waals surface area (Å²) < 4.78 is 41.4. The van der Waals surface area contributed by atoms with Gasteiger partial charge in [-0.25, -0.2) is 8.42 Å². The third-order valence-electron chi connectivity index (χ3n) is 5.41. The largest absolute Gasteiger partial charge is 0.493 e. The summed E-state index contributed by atoms with van der Waals surface area (Å²) in [6, 6.07) is 8.94. The van der Waals surface area contributed by atoms with Gasteiger partial charge in [-0.3, -0.25) is 14.4 Å². The van der Waals surface area contributed by atoms with E-state index < -0.39 is 32.5 Å². The van der Waals surface area contributed by atoms with Crippen LogP contribution in [0.5, 0.6) is 17.2 Å². The van der Waals surface area contributed by atoms with Gasteiger partial charge in [0.2, 0.25) is 5.91 Å². The maximum absolute atomic E-state index is 13.0. The number of carbonyl (C=O) groups excluding carboxylic acids is 3. The van der Waals surface area contributed by atoms with E-state index in [4.69, 9.17) is 14.2 Å². The lowest BCUT2D eigenvalue weighted by Gasteiger charge is -2.29. The van der Waals surface area contributed by atoms with Gasteiger partial charge in [-0.2, -0.15) is 0 Å². The zero-order valence-electron chi connectivity index (χ0n) is 19.6. The van der Waals surface area contributed by atoms with Crippen molar-refractivity contribution in [2.45, 2.75) is 12.2 Å². The van der Waals surface area contributed by atoms with Crippen LogP contribution in [-0.2, 0) is 19.4 Å². The van der Waals surface area contributed by atoms with Gasteiger partial charge in [0, 0.05) is 23.9 Å². The molecule has 11 heteroatoms. The molecule has 0 radical (unpaired) electrons. The van der Waals surface area contributed by atoms with Crippen LogP contribution < -0.4 is 24.4 Å². The summed E-state index contributed by atoms with van der Waals surface area (Å²) >= 11 is 0.